The van der Waals surface area contributed by atoms with Crippen LogP contribution in [0, 0.1) is 0 Å². The van der Waals surface area contributed by atoms with Crippen LogP contribution in [0.15, 0.2) is 0 Å². The van der Waals surface area contributed by atoms with E-state index in [2.05, 4.69) is 69.2 Å². The second-order valence-electron chi connectivity index (χ2n) is 17.8. The highest BCUT2D eigenvalue weighted by Crippen LogP contribution is 2.62. The number of unbranched alkanes of at least 4 members (excludes halogenated alkanes) is 20. The number of hydrogen-bond donors (Lipinski definition) is 0. The fourth-order valence-corrected chi connectivity index (χ4v) is 18.3. The van der Waals surface area contributed by atoms with Gasteiger partial charge in [0.05, 0.1) is 49.3 Å². The highest BCUT2D eigenvalue weighted by molar-refractivity contribution is 7.76. The number of carboxylic acids is 2. The van der Waals surface area contributed by atoms with Crippen LogP contribution in [-0.4, -0.2) is 61.2 Å². The van der Waals surface area contributed by atoms with Gasteiger partial charge in [0.25, 0.3) is 0 Å². The first-order chi connectivity index (χ1) is 28.0. The Morgan fingerprint density at radius 3 is 0.569 bits per heavy atom. The third-order valence-corrected chi connectivity index (χ3v) is 22.0. The lowest BCUT2D eigenvalue weighted by Crippen LogP contribution is -2.21. The van der Waals surface area contributed by atoms with E-state index in [1.165, 1.54) is 167 Å². The van der Waals surface area contributed by atoms with Crippen LogP contribution in [0.2, 0.25) is 0 Å². The topological polar surface area (TPSA) is 80.3 Å². The van der Waals surface area contributed by atoms with Crippen molar-refractivity contribution in [1.82, 2.24) is 0 Å². The number of aliphatic carboxylic acids is 2. The number of hydrogen-bond acceptors (Lipinski definition) is 4. The Morgan fingerprint density at radius 2 is 0.414 bits per heavy atom. The van der Waals surface area contributed by atoms with E-state index in [9.17, 15) is 19.8 Å². The maximum atomic E-state index is 10.0. The van der Waals surface area contributed by atoms with Gasteiger partial charge in [0.15, 0.2) is 0 Å². The first-order valence-corrected chi connectivity index (χ1v) is 31.2. The fraction of sp³-hybridized carbons (Fsp3) is 0.962. The van der Waals surface area contributed by atoms with Crippen LogP contribution in [0.5, 0.6) is 0 Å². The molecule has 0 aromatic rings. The average Bonchev–Trinajstić information content (AvgIpc) is 3.22. The van der Waals surface area contributed by atoms with Gasteiger partial charge in [-0.05, 0) is 77.0 Å². The van der Waals surface area contributed by atoms with Gasteiger partial charge in [-0.3, -0.25) is 0 Å². The molecular weight excluding hydrogens is 751 g/mol. The number of carbonyl (C=O) groups excluding carboxylic acids is 2. The molecule has 0 aliphatic heterocycles. The van der Waals surface area contributed by atoms with Crippen molar-refractivity contribution in [3.05, 3.63) is 0 Å². The van der Waals surface area contributed by atoms with E-state index in [1.807, 2.05) is 0 Å². The Kier molecular flexibility index (Phi) is 58.8. The summed E-state index contributed by atoms with van der Waals surface area (Å²) in [4.78, 5) is 20.0. The third kappa shape index (κ3) is 50.2. The van der Waals surface area contributed by atoms with Crippen LogP contribution in [-0.2, 0) is 9.59 Å². The molecule has 0 atom stereocenters. The van der Waals surface area contributed by atoms with Gasteiger partial charge < -0.3 is 19.8 Å². The molecule has 0 spiro atoms. The maximum Gasteiger partial charge on any atom is 0.0594 e. The second kappa shape index (κ2) is 52.9. The molecule has 0 bridgehead atoms. The largest absolute Gasteiger partial charge is 0.550 e. The zero-order valence-electron chi connectivity index (χ0n) is 41.8. The van der Waals surface area contributed by atoms with Gasteiger partial charge in [-0.2, -0.15) is 0 Å². The van der Waals surface area contributed by atoms with E-state index in [1.54, 1.807) is 49.3 Å². The number of rotatable bonds is 40. The minimum atomic E-state index is -0.913. The van der Waals surface area contributed by atoms with Crippen molar-refractivity contribution >= 4 is 26.5 Å². The molecule has 0 saturated carbocycles. The third-order valence-electron chi connectivity index (χ3n) is 11.9. The lowest BCUT2D eigenvalue weighted by molar-refractivity contribution is -0.307. The first-order valence-electron chi connectivity index (χ1n) is 26.1. The molecule has 0 N–H and O–H groups in total. The fourth-order valence-electron chi connectivity index (χ4n) is 7.74. The van der Waals surface area contributed by atoms with Gasteiger partial charge in [-0.15, -0.1) is 0 Å². The van der Waals surface area contributed by atoms with Crippen LogP contribution in [0.1, 0.15) is 275 Å². The van der Waals surface area contributed by atoms with Gasteiger partial charge in [0.1, 0.15) is 0 Å². The van der Waals surface area contributed by atoms with Crippen molar-refractivity contribution in [2.24, 2.45) is 0 Å². The molecule has 0 saturated heterocycles. The van der Waals surface area contributed by atoms with E-state index in [-0.39, 0.29) is 12.8 Å². The Hall–Kier alpha value is -0.200. The van der Waals surface area contributed by atoms with Gasteiger partial charge in [-0.1, -0.05) is 198 Å². The summed E-state index contributed by atoms with van der Waals surface area (Å²) in [7, 11) is -1.12. The highest BCUT2D eigenvalue weighted by Gasteiger charge is 2.35. The average molecular weight is 861 g/mol. The second-order valence-corrected chi connectivity index (χ2v) is 26.7. The van der Waals surface area contributed by atoms with Crippen LogP contribution in [0.4, 0.5) is 0 Å². The van der Waals surface area contributed by atoms with Gasteiger partial charge in [0, 0.05) is 26.5 Å². The number of carbonyl (C=O) groups is 2. The smallest absolute Gasteiger partial charge is 0.0594 e. The first kappa shape index (κ1) is 64.4. The summed E-state index contributed by atoms with van der Waals surface area (Å²) in [5, 5.41) is 20.0. The molecule has 0 rings (SSSR count). The summed E-state index contributed by atoms with van der Waals surface area (Å²) in [5.74, 6) is -1.83. The lowest BCUT2D eigenvalue weighted by atomic mass is 10.1. The zero-order chi connectivity index (χ0) is 44.4. The van der Waals surface area contributed by atoms with Crippen molar-refractivity contribution in [1.29, 1.82) is 0 Å². The SMILES string of the molecule is CCCCCCCCCC(=O)[O-].CCCCCCCCCC(=O)[O-].CCCC[P+](CCCC)(CCCC)CCCC.CCCC[P+](CCCC)(CCCC)CCCC. The molecule has 0 unspecified atom stereocenters. The Bertz CT molecular complexity index is 650. The summed E-state index contributed by atoms with van der Waals surface area (Å²) in [6, 6.07) is 0. The van der Waals surface area contributed by atoms with Gasteiger partial charge in [-0.25, -0.2) is 0 Å². The highest BCUT2D eigenvalue weighted by atomic mass is 31.2. The molecule has 4 nitrogen and oxygen atoms in total. The summed E-state index contributed by atoms with van der Waals surface area (Å²) < 4.78 is 0. The predicted octanol–water partition coefficient (Wildman–Crippen LogP) is 16.2. The maximum absolute atomic E-state index is 10.0. The molecule has 0 fully saturated rings. The minimum absolute atomic E-state index is 0.230. The standard InChI is InChI=1S/2C16H36P.2C10H20O2/c2*1-5-9-13-17(14-10-6-2,15-11-7-3)16-12-8-4;2*1-2-3-4-5-6-7-8-9-10(11)12/h2*5-16H2,1-4H3;2*2-9H2,1H3,(H,11,12)/q2*+1;;/p-2. The lowest BCUT2D eigenvalue weighted by Gasteiger charge is -2.28. The molecule has 0 aromatic heterocycles. The zero-order valence-corrected chi connectivity index (χ0v) is 43.6. The quantitative estimate of drug-likeness (QED) is 0.0454. The summed E-state index contributed by atoms with van der Waals surface area (Å²) >= 11 is 0. The molecular formula is C52H110O4P2. The van der Waals surface area contributed by atoms with Crippen molar-refractivity contribution < 1.29 is 19.8 Å². The molecule has 352 valence electrons. The van der Waals surface area contributed by atoms with E-state index >= 15 is 0 Å². The molecule has 0 aliphatic rings. The van der Waals surface area contributed by atoms with E-state index < -0.39 is 26.5 Å². The van der Waals surface area contributed by atoms with Crippen molar-refractivity contribution in [3.63, 3.8) is 0 Å². The normalized spacial score (nSPS) is 11.2. The van der Waals surface area contributed by atoms with Crippen LogP contribution in [0.3, 0.4) is 0 Å². The molecule has 58 heavy (non-hydrogen) atoms. The van der Waals surface area contributed by atoms with E-state index in [0.717, 1.165) is 25.7 Å². The Labute approximate surface area is 368 Å². The predicted molar refractivity (Wildman–Crippen MR) is 267 cm³/mol. The van der Waals surface area contributed by atoms with Crippen LogP contribution in [0.25, 0.3) is 0 Å². The van der Waals surface area contributed by atoms with Crippen LogP contribution >= 0.6 is 14.5 Å². The monoisotopic (exact) mass is 861 g/mol. The molecule has 0 aromatic carbocycles. The molecule has 0 radical (unpaired) electrons. The van der Waals surface area contributed by atoms with Crippen molar-refractivity contribution in [2.75, 3.05) is 49.3 Å². The Balaban J connectivity index is -0.000000340. The molecule has 0 heterocycles. The molecule has 0 amide bonds. The summed E-state index contributed by atoms with van der Waals surface area (Å²) in [6.07, 6.45) is 52.6. The van der Waals surface area contributed by atoms with E-state index in [0.29, 0.717) is 0 Å². The summed E-state index contributed by atoms with van der Waals surface area (Å²) in [6.45, 7) is 23.2. The van der Waals surface area contributed by atoms with Gasteiger partial charge in [0.2, 0.25) is 0 Å². The van der Waals surface area contributed by atoms with Crippen LogP contribution < -0.4 is 10.2 Å². The van der Waals surface area contributed by atoms with Crippen molar-refractivity contribution in [3.8, 4) is 0 Å². The molecule has 6 heteroatoms. The molecule has 0 aliphatic carbocycles. The number of carboxylic acid groups (broad SMARTS) is 2. The van der Waals surface area contributed by atoms with E-state index in [4.69, 9.17) is 0 Å². The van der Waals surface area contributed by atoms with Crippen molar-refractivity contribution in [2.45, 2.75) is 275 Å². The minimum Gasteiger partial charge on any atom is -0.550 e. The Morgan fingerprint density at radius 1 is 0.259 bits per heavy atom. The van der Waals surface area contributed by atoms with Gasteiger partial charge >= 0.3 is 0 Å². The summed E-state index contributed by atoms with van der Waals surface area (Å²) in [5.41, 5.74) is 0.